The Morgan fingerprint density at radius 3 is 1.71 bits per heavy atom. The third kappa shape index (κ3) is 17.8. The van der Waals surface area contributed by atoms with Crippen molar-refractivity contribution in [1.82, 2.24) is 31.9 Å². The highest BCUT2D eigenvalue weighted by Gasteiger charge is 2.30. The molecular weight excluding hydrogens is 642 g/mol. The zero-order chi connectivity index (χ0) is 37.1. The maximum atomic E-state index is 12.8. The van der Waals surface area contributed by atoms with Gasteiger partial charge in [-0.1, -0.05) is 13.8 Å². The summed E-state index contributed by atoms with van der Waals surface area (Å²) in [5.41, 5.74) is 21.1. The number of hydrogen-bond acceptors (Lipinski definition) is 11. The number of primary amides is 1. The number of amides is 7. The van der Waals surface area contributed by atoms with Crippen LogP contribution in [0, 0.1) is 5.92 Å². The Morgan fingerprint density at radius 2 is 1.23 bits per heavy atom. The van der Waals surface area contributed by atoms with E-state index in [-0.39, 0.29) is 25.3 Å². The van der Waals surface area contributed by atoms with Crippen LogP contribution in [0.5, 0.6) is 0 Å². The van der Waals surface area contributed by atoms with Crippen LogP contribution >= 0.6 is 0 Å². The zero-order valence-corrected chi connectivity index (χ0v) is 26.7. The topological polar surface area (TPSA) is 383 Å². The molecule has 22 heteroatoms. The van der Waals surface area contributed by atoms with Gasteiger partial charge in [0.1, 0.15) is 24.2 Å². The van der Waals surface area contributed by atoms with Crippen molar-refractivity contribution in [1.29, 1.82) is 0 Å². The SMILES string of the molecule is CC(NC(=O)C(NC(=O)C(N)CC(=O)O)C(C)C)C(=O)NCC(=O)NC(CCCN=C(N)N)C(=O)NCC(=O)NC(CC(N)=O)C(=O)O. The molecular formula is C26H45N11O11. The van der Waals surface area contributed by atoms with Crippen LogP contribution in [0.25, 0.3) is 0 Å². The Kier molecular flexibility index (Phi) is 18.8. The summed E-state index contributed by atoms with van der Waals surface area (Å²) in [5, 5.41) is 31.6. The first-order chi connectivity index (χ1) is 22.2. The van der Waals surface area contributed by atoms with Gasteiger partial charge in [0.2, 0.25) is 41.4 Å². The Labute approximate surface area is 274 Å². The van der Waals surface area contributed by atoms with E-state index in [0.29, 0.717) is 0 Å². The predicted molar refractivity (Wildman–Crippen MR) is 166 cm³/mol. The molecule has 0 aliphatic rings. The second-order valence-corrected chi connectivity index (χ2v) is 10.8. The normalized spacial score (nSPS) is 13.7. The minimum atomic E-state index is -1.63. The lowest BCUT2D eigenvalue weighted by atomic mass is 10.0. The van der Waals surface area contributed by atoms with Crippen LogP contribution in [-0.4, -0.2) is 119 Å². The molecule has 0 aliphatic heterocycles. The fourth-order valence-corrected chi connectivity index (χ4v) is 3.72. The van der Waals surface area contributed by atoms with Crippen molar-refractivity contribution < 1.29 is 53.4 Å². The van der Waals surface area contributed by atoms with Gasteiger partial charge in [-0.2, -0.15) is 0 Å². The molecule has 0 aromatic rings. The van der Waals surface area contributed by atoms with Gasteiger partial charge in [0.15, 0.2) is 5.96 Å². The third-order valence-electron chi connectivity index (χ3n) is 6.21. The first-order valence-corrected chi connectivity index (χ1v) is 14.5. The standard InChI is InChI=1S/C26H45N11O11/c1-11(2)20(37-22(44)13(27)7-19(41)42)24(46)34-12(3)21(43)32-9-17(39)35-14(5-4-6-31-26(29)30)23(45)33-10-18(40)36-15(25(47)48)8-16(28)38/h11-15,20H,4-10,27H2,1-3H3,(H2,28,38)(H,32,43)(H,33,45)(H,34,46)(H,35,39)(H,36,40)(H,37,44)(H,41,42)(H,47,48)(H4,29,30,31). The largest absolute Gasteiger partial charge is 0.481 e. The van der Waals surface area contributed by atoms with Gasteiger partial charge in [0.25, 0.3) is 0 Å². The molecule has 16 N–H and O–H groups in total. The summed E-state index contributed by atoms with van der Waals surface area (Å²) in [6.07, 6.45) is -1.20. The number of rotatable bonds is 22. The molecule has 0 aliphatic carbocycles. The molecule has 0 aromatic carbocycles. The van der Waals surface area contributed by atoms with Crippen LogP contribution in [0.3, 0.4) is 0 Å². The summed E-state index contributed by atoms with van der Waals surface area (Å²) < 4.78 is 0. The minimum Gasteiger partial charge on any atom is -0.481 e. The van der Waals surface area contributed by atoms with Crippen LogP contribution in [-0.2, 0) is 43.2 Å². The second kappa shape index (κ2) is 21.3. The van der Waals surface area contributed by atoms with Crippen molar-refractivity contribution in [2.75, 3.05) is 19.6 Å². The number of aliphatic imine (C=N–C) groups is 1. The van der Waals surface area contributed by atoms with Gasteiger partial charge in [-0.25, -0.2) is 4.79 Å². The molecule has 0 saturated heterocycles. The van der Waals surface area contributed by atoms with Crippen molar-refractivity contribution in [2.24, 2.45) is 33.8 Å². The molecule has 0 spiro atoms. The molecule has 270 valence electrons. The molecule has 22 nitrogen and oxygen atoms in total. The van der Waals surface area contributed by atoms with E-state index in [1.54, 1.807) is 13.8 Å². The first kappa shape index (κ1) is 42.5. The maximum Gasteiger partial charge on any atom is 0.326 e. The summed E-state index contributed by atoms with van der Waals surface area (Å²) in [7, 11) is 0. The molecule has 0 rings (SSSR count). The van der Waals surface area contributed by atoms with Crippen molar-refractivity contribution in [3.63, 3.8) is 0 Å². The van der Waals surface area contributed by atoms with E-state index >= 15 is 0 Å². The van der Waals surface area contributed by atoms with Gasteiger partial charge in [-0.05, 0) is 25.7 Å². The highest BCUT2D eigenvalue weighted by atomic mass is 16.4. The van der Waals surface area contributed by atoms with Crippen molar-refractivity contribution in [3.05, 3.63) is 0 Å². The Bertz CT molecular complexity index is 1240. The van der Waals surface area contributed by atoms with E-state index in [0.717, 1.165) is 0 Å². The molecule has 5 unspecified atom stereocenters. The molecule has 0 radical (unpaired) electrons. The molecule has 48 heavy (non-hydrogen) atoms. The van der Waals surface area contributed by atoms with E-state index in [2.05, 4.69) is 31.6 Å². The zero-order valence-electron chi connectivity index (χ0n) is 26.7. The number of nitrogens with two attached hydrogens (primary N) is 4. The van der Waals surface area contributed by atoms with Gasteiger partial charge in [0, 0.05) is 6.54 Å². The highest BCUT2D eigenvalue weighted by molar-refractivity contribution is 5.96. The predicted octanol–water partition coefficient (Wildman–Crippen LogP) is -6.35. The average Bonchev–Trinajstić information content (AvgIpc) is 2.97. The number of carbonyl (C=O) groups is 9. The molecule has 0 saturated carbocycles. The van der Waals surface area contributed by atoms with Crippen LogP contribution < -0.4 is 54.8 Å². The molecule has 7 amide bonds. The lowest BCUT2D eigenvalue weighted by Crippen LogP contribution is -2.57. The van der Waals surface area contributed by atoms with E-state index in [9.17, 15) is 43.2 Å². The summed E-state index contributed by atoms with van der Waals surface area (Å²) in [5.74, 6) is -9.67. The van der Waals surface area contributed by atoms with Crippen LogP contribution in [0.1, 0.15) is 46.5 Å². The summed E-state index contributed by atoms with van der Waals surface area (Å²) in [6.45, 7) is 3.18. The van der Waals surface area contributed by atoms with Gasteiger partial charge in [0.05, 0.1) is 32.0 Å². The van der Waals surface area contributed by atoms with Gasteiger partial charge >= 0.3 is 11.9 Å². The fraction of sp³-hybridized carbons (Fsp3) is 0.615. The minimum absolute atomic E-state index is 0.0335. The van der Waals surface area contributed by atoms with E-state index in [1.165, 1.54) is 6.92 Å². The van der Waals surface area contributed by atoms with Crippen molar-refractivity contribution >= 4 is 59.2 Å². The lowest BCUT2D eigenvalue weighted by Gasteiger charge is -2.25. The average molecular weight is 688 g/mol. The quantitative estimate of drug-likeness (QED) is 0.0286. The van der Waals surface area contributed by atoms with Crippen molar-refractivity contribution in [3.8, 4) is 0 Å². The Morgan fingerprint density at radius 1 is 0.688 bits per heavy atom. The maximum absolute atomic E-state index is 12.8. The molecule has 5 atom stereocenters. The third-order valence-corrected chi connectivity index (χ3v) is 6.21. The number of nitrogens with zero attached hydrogens (tertiary/aromatic N) is 1. The summed E-state index contributed by atoms with van der Waals surface area (Å²) in [4.78, 5) is 112. The first-order valence-electron chi connectivity index (χ1n) is 14.5. The number of nitrogens with one attached hydrogen (secondary N) is 6. The molecule has 0 aromatic heterocycles. The van der Waals surface area contributed by atoms with Gasteiger partial charge < -0.3 is 65.0 Å². The molecule has 0 bridgehead atoms. The number of guanidine groups is 1. The van der Waals surface area contributed by atoms with E-state index in [4.69, 9.17) is 33.1 Å². The van der Waals surface area contributed by atoms with Crippen LogP contribution in [0.4, 0.5) is 0 Å². The van der Waals surface area contributed by atoms with Crippen LogP contribution in [0.15, 0.2) is 4.99 Å². The number of hydrogen-bond donors (Lipinski definition) is 12. The summed E-state index contributed by atoms with van der Waals surface area (Å²) >= 11 is 0. The number of carboxylic acid groups (broad SMARTS) is 2. The van der Waals surface area contributed by atoms with E-state index in [1.807, 2.05) is 5.32 Å². The molecule has 0 fully saturated rings. The smallest absolute Gasteiger partial charge is 0.326 e. The Hall–Kier alpha value is -5.54. The fourth-order valence-electron chi connectivity index (χ4n) is 3.72. The summed E-state index contributed by atoms with van der Waals surface area (Å²) in [6, 6.07) is -6.69. The van der Waals surface area contributed by atoms with Crippen LogP contribution in [0.2, 0.25) is 0 Å². The Balaban J connectivity index is 5.26. The number of carboxylic acids is 2. The second-order valence-electron chi connectivity index (χ2n) is 10.8. The number of carbonyl (C=O) groups excluding carboxylic acids is 7. The highest BCUT2D eigenvalue weighted by Crippen LogP contribution is 2.04. The monoisotopic (exact) mass is 687 g/mol. The van der Waals surface area contributed by atoms with Gasteiger partial charge in [-0.3, -0.25) is 43.3 Å². The van der Waals surface area contributed by atoms with Crippen molar-refractivity contribution in [2.45, 2.75) is 76.7 Å². The lowest BCUT2D eigenvalue weighted by molar-refractivity contribution is -0.143. The van der Waals surface area contributed by atoms with E-state index < -0.39 is 115 Å². The van der Waals surface area contributed by atoms with Gasteiger partial charge in [-0.15, -0.1) is 0 Å². The number of aliphatic carboxylic acids is 2. The molecule has 0 heterocycles.